The monoisotopic (exact) mass is 419 g/mol. The Bertz CT molecular complexity index is 1270. The van der Waals surface area contributed by atoms with Gasteiger partial charge in [-0.1, -0.05) is 59.9 Å². The number of rotatable bonds is 5. The summed E-state index contributed by atoms with van der Waals surface area (Å²) in [5.41, 5.74) is 2.46. The topological polar surface area (TPSA) is 72.7 Å². The number of carbonyl (C=O) groups is 1. The quantitative estimate of drug-likeness (QED) is 0.646. The maximum Gasteiger partial charge on any atom is 0.338 e. The van der Waals surface area contributed by atoms with Gasteiger partial charge in [0.1, 0.15) is 4.53 Å². The van der Waals surface area contributed by atoms with Crippen LogP contribution in [-0.4, -0.2) is 17.1 Å². The van der Waals surface area contributed by atoms with Crippen molar-refractivity contribution >= 4 is 29.2 Å². The summed E-state index contributed by atoms with van der Waals surface area (Å²) in [6, 6.07) is 18.5. The normalized spacial score (nSPS) is 16.1. The molecule has 152 valence electrons. The second-order valence-electron chi connectivity index (χ2n) is 6.72. The van der Waals surface area contributed by atoms with Crippen molar-refractivity contribution in [2.24, 2.45) is 4.99 Å². The van der Waals surface area contributed by atoms with E-state index in [4.69, 9.17) is 4.74 Å². The van der Waals surface area contributed by atoms with Gasteiger partial charge in [0, 0.05) is 11.9 Å². The van der Waals surface area contributed by atoms with Crippen LogP contribution in [0.2, 0.25) is 0 Å². The Morgan fingerprint density at radius 3 is 2.50 bits per heavy atom. The number of para-hydroxylation sites is 1. The molecule has 4 rings (SSSR count). The molecule has 0 radical (unpaired) electrons. The van der Waals surface area contributed by atoms with Gasteiger partial charge in [-0.25, -0.2) is 9.79 Å². The van der Waals surface area contributed by atoms with Crippen LogP contribution in [0.1, 0.15) is 25.5 Å². The third kappa shape index (κ3) is 3.71. The lowest BCUT2D eigenvalue weighted by Gasteiger charge is -2.24. The predicted octanol–water partition coefficient (Wildman–Crippen LogP) is 2.82. The summed E-state index contributed by atoms with van der Waals surface area (Å²) >= 11 is 1.29. The molecule has 1 aliphatic heterocycles. The molecule has 0 fully saturated rings. The molecule has 1 aliphatic rings. The molecule has 1 atom stereocenters. The number of anilines is 1. The molecule has 1 N–H and O–H groups in total. The van der Waals surface area contributed by atoms with Crippen LogP contribution in [-0.2, 0) is 9.53 Å². The van der Waals surface area contributed by atoms with E-state index in [1.165, 1.54) is 11.3 Å². The lowest BCUT2D eigenvalue weighted by Crippen LogP contribution is -2.40. The number of hydrogen-bond acceptors (Lipinski definition) is 6. The van der Waals surface area contributed by atoms with Gasteiger partial charge < -0.3 is 10.1 Å². The summed E-state index contributed by atoms with van der Waals surface area (Å²) in [6.45, 7) is 3.79. The van der Waals surface area contributed by atoms with Gasteiger partial charge in [-0.3, -0.25) is 9.36 Å². The molecule has 0 unspecified atom stereocenters. The number of allylic oxidation sites excluding steroid dienone is 1. The Balaban J connectivity index is 1.87. The van der Waals surface area contributed by atoms with Gasteiger partial charge in [0.15, 0.2) is 4.80 Å². The Morgan fingerprint density at radius 1 is 1.17 bits per heavy atom. The van der Waals surface area contributed by atoms with Crippen molar-refractivity contribution in [1.82, 2.24) is 4.57 Å². The molecule has 1 aromatic heterocycles. The summed E-state index contributed by atoms with van der Waals surface area (Å²) in [5, 5.41) is 3.16. The van der Waals surface area contributed by atoms with Crippen LogP contribution in [0.5, 0.6) is 0 Å². The number of carbonyl (C=O) groups excluding carboxylic acids is 1. The van der Waals surface area contributed by atoms with E-state index in [0.717, 1.165) is 11.3 Å². The fourth-order valence-corrected chi connectivity index (χ4v) is 4.39. The van der Waals surface area contributed by atoms with E-state index >= 15 is 0 Å². The van der Waals surface area contributed by atoms with Crippen LogP contribution >= 0.6 is 11.3 Å². The van der Waals surface area contributed by atoms with Gasteiger partial charge >= 0.3 is 5.97 Å². The fraction of sp³-hybridized carbons (Fsp3) is 0.174. The minimum Gasteiger partial charge on any atom is -0.463 e. The Hall–Kier alpha value is -3.45. The number of nitrogens with zero attached hydrogens (tertiary/aromatic N) is 2. The highest BCUT2D eigenvalue weighted by atomic mass is 32.1. The molecule has 30 heavy (non-hydrogen) atoms. The molecule has 0 spiro atoms. The van der Waals surface area contributed by atoms with Crippen molar-refractivity contribution in [3.05, 3.63) is 97.2 Å². The molecule has 0 saturated carbocycles. The third-order valence-electron chi connectivity index (χ3n) is 4.78. The number of benzene rings is 2. The molecular formula is C23H21N3O3S. The van der Waals surface area contributed by atoms with E-state index < -0.39 is 12.0 Å². The van der Waals surface area contributed by atoms with Crippen LogP contribution < -0.4 is 20.2 Å². The zero-order valence-corrected chi connectivity index (χ0v) is 17.5. The van der Waals surface area contributed by atoms with Crippen molar-refractivity contribution in [2.75, 3.05) is 11.9 Å². The molecular weight excluding hydrogens is 398 g/mol. The van der Waals surface area contributed by atoms with Crippen molar-refractivity contribution in [1.29, 1.82) is 0 Å². The summed E-state index contributed by atoms with van der Waals surface area (Å²) < 4.78 is 7.37. The SMILES string of the molecule is CCOC(=O)C1=C(C)N=c2s/c(=C\Nc3ccccc3)c(=O)n2[C@H]1c1ccccc1. The second-order valence-corrected chi connectivity index (χ2v) is 7.73. The van der Waals surface area contributed by atoms with Crippen LogP contribution in [0.3, 0.4) is 0 Å². The van der Waals surface area contributed by atoms with Gasteiger partial charge in [-0.15, -0.1) is 0 Å². The lowest BCUT2D eigenvalue weighted by molar-refractivity contribution is -0.139. The molecule has 0 amide bonds. The van der Waals surface area contributed by atoms with E-state index in [1.54, 1.807) is 24.6 Å². The highest BCUT2D eigenvalue weighted by Gasteiger charge is 2.33. The van der Waals surface area contributed by atoms with Gasteiger partial charge in [-0.2, -0.15) is 0 Å². The minimum absolute atomic E-state index is 0.203. The minimum atomic E-state index is -0.583. The van der Waals surface area contributed by atoms with Crippen LogP contribution in [0.4, 0.5) is 5.69 Å². The molecule has 2 aromatic carbocycles. The number of aromatic nitrogens is 1. The maximum absolute atomic E-state index is 13.3. The molecule has 0 aliphatic carbocycles. The summed E-state index contributed by atoms with van der Waals surface area (Å²) in [4.78, 5) is 31.2. The van der Waals surface area contributed by atoms with Gasteiger partial charge in [0.05, 0.1) is 23.9 Å². The molecule has 7 heteroatoms. The van der Waals surface area contributed by atoms with E-state index in [-0.39, 0.29) is 12.2 Å². The highest BCUT2D eigenvalue weighted by molar-refractivity contribution is 7.07. The average molecular weight is 420 g/mol. The number of esters is 1. The van der Waals surface area contributed by atoms with Crippen LogP contribution in [0.25, 0.3) is 6.20 Å². The number of thiazole rings is 1. The zero-order valence-electron chi connectivity index (χ0n) is 16.7. The summed E-state index contributed by atoms with van der Waals surface area (Å²) in [5.74, 6) is -0.454. The van der Waals surface area contributed by atoms with Crippen LogP contribution in [0.15, 0.2) is 81.7 Å². The third-order valence-corrected chi connectivity index (χ3v) is 5.76. The van der Waals surface area contributed by atoms with E-state index in [0.29, 0.717) is 20.6 Å². The van der Waals surface area contributed by atoms with E-state index in [2.05, 4.69) is 10.3 Å². The largest absolute Gasteiger partial charge is 0.463 e. The summed E-state index contributed by atoms with van der Waals surface area (Å²) in [7, 11) is 0. The Kier molecular flexibility index (Phi) is 5.63. The van der Waals surface area contributed by atoms with Crippen molar-refractivity contribution < 1.29 is 9.53 Å². The molecule has 0 saturated heterocycles. The summed E-state index contributed by atoms with van der Waals surface area (Å²) in [6.07, 6.45) is 1.69. The number of ether oxygens (including phenoxy) is 1. The molecule has 6 nitrogen and oxygen atoms in total. The van der Waals surface area contributed by atoms with Crippen molar-refractivity contribution in [2.45, 2.75) is 19.9 Å². The van der Waals surface area contributed by atoms with E-state index in [9.17, 15) is 9.59 Å². The van der Waals surface area contributed by atoms with Gasteiger partial charge in [-0.05, 0) is 31.5 Å². The molecule has 3 aromatic rings. The zero-order chi connectivity index (χ0) is 21.1. The Morgan fingerprint density at radius 2 is 1.83 bits per heavy atom. The Labute approximate surface area is 177 Å². The first-order chi connectivity index (χ1) is 14.6. The first-order valence-corrected chi connectivity index (χ1v) is 10.5. The lowest BCUT2D eigenvalue weighted by atomic mass is 9.96. The predicted molar refractivity (Wildman–Crippen MR) is 118 cm³/mol. The van der Waals surface area contributed by atoms with E-state index in [1.807, 2.05) is 60.7 Å². The first kappa shape index (κ1) is 19.8. The fourth-order valence-electron chi connectivity index (χ4n) is 3.43. The van der Waals surface area contributed by atoms with Crippen LogP contribution in [0, 0.1) is 0 Å². The van der Waals surface area contributed by atoms with Gasteiger partial charge in [0.25, 0.3) is 5.56 Å². The molecule has 0 bridgehead atoms. The smallest absolute Gasteiger partial charge is 0.338 e. The maximum atomic E-state index is 13.3. The average Bonchev–Trinajstić information content (AvgIpc) is 3.07. The molecule has 2 heterocycles. The second kappa shape index (κ2) is 8.51. The standard InChI is InChI=1S/C23H21N3O3S/c1-3-29-22(28)19-15(2)25-23-26(20(19)16-10-6-4-7-11-16)21(27)18(30-23)14-24-17-12-8-5-9-13-17/h4-14,20,24H,3H2,1-2H3/b18-14-/t20-/m0/s1. The first-order valence-electron chi connectivity index (χ1n) is 9.65. The van der Waals surface area contributed by atoms with Crippen molar-refractivity contribution in [3.8, 4) is 0 Å². The van der Waals surface area contributed by atoms with Crippen molar-refractivity contribution in [3.63, 3.8) is 0 Å². The number of fused-ring (bicyclic) bond motifs is 1. The number of nitrogens with one attached hydrogen (secondary N) is 1. The highest BCUT2D eigenvalue weighted by Crippen LogP contribution is 2.30. The van der Waals surface area contributed by atoms with Gasteiger partial charge in [0.2, 0.25) is 0 Å². The number of hydrogen-bond donors (Lipinski definition) is 1.